The molecule has 11 nitrogen and oxygen atoms in total. The molecule has 4 aromatic rings. The van der Waals surface area contributed by atoms with Gasteiger partial charge in [-0.2, -0.15) is 0 Å². The SMILES string of the molecule is CC(C)(C)OC(=O)N1CCCC[C@@H](n2c(NC(=O)c3ccnc(Cc4cncnc4Cl)c3)nc3ccc(O)c(Cl)c32)C1. The van der Waals surface area contributed by atoms with Crippen LogP contribution in [0, 0.1) is 0 Å². The van der Waals surface area contributed by atoms with Crippen molar-refractivity contribution in [2.45, 2.75) is 58.1 Å². The lowest BCUT2D eigenvalue weighted by Crippen LogP contribution is -2.39. The van der Waals surface area contributed by atoms with E-state index in [0.717, 1.165) is 12.8 Å². The van der Waals surface area contributed by atoms with Gasteiger partial charge in [0, 0.05) is 48.7 Å². The van der Waals surface area contributed by atoms with E-state index in [9.17, 15) is 14.7 Å². The molecule has 4 heterocycles. The average Bonchev–Trinajstić information content (AvgIpc) is 3.12. The number of fused-ring (bicyclic) bond motifs is 1. The van der Waals surface area contributed by atoms with Gasteiger partial charge < -0.3 is 19.3 Å². The molecule has 0 saturated carbocycles. The number of anilines is 1. The molecular formula is C29H31Cl2N7O4. The van der Waals surface area contributed by atoms with Crippen molar-refractivity contribution in [2.24, 2.45) is 0 Å². The van der Waals surface area contributed by atoms with E-state index < -0.39 is 17.6 Å². The van der Waals surface area contributed by atoms with Crippen LogP contribution in [0.15, 0.2) is 43.0 Å². The minimum Gasteiger partial charge on any atom is -0.506 e. The van der Waals surface area contributed by atoms with Gasteiger partial charge in [-0.15, -0.1) is 0 Å². The highest BCUT2D eigenvalue weighted by Crippen LogP contribution is 2.38. The Hall–Kier alpha value is -3.96. The van der Waals surface area contributed by atoms with Crippen LogP contribution >= 0.6 is 23.2 Å². The number of imidazole rings is 1. The molecule has 0 radical (unpaired) electrons. The number of phenolic OH excluding ortho intramolecular Hbond substituents is 1. The zero-order valence-electron chi connectivity index (χ0n) is 23.5. The number of phenols is 1. The van der Waals surface area contributed by atoms with Crippen LogP contribution < -0.4 is 5.32 Å². The van der Waals surface area contributed by atoms with Gasteiger partial charge in [0.25, 0.3) is 5.91 Å². The number of benzene rings is 1. The van der Waals surface area contributed by atoms with Crippen LogP contribution in [0.5, 0.6) is 5.75 Å². The lowest BCUT2D eigenvalue weighted by Gasteiger charge is -2.29. The molecular weight excluding hydrogens is 581 g/mol. The van der Waals surface area contributed by atoms with Gasteiger partial charge in [-0.05, 0) is 64.3 Å². The fraction of sp³-hybridized carbons (Fsp3) is 0.379. The van der Waals surface area contributed by atoms with Crippen molar-refractivity contribution in [3.8, 4) is 5.75 Å². The number of amides is 2. The fourth-order valence-electron chi connectivity index (χ4n) is 4.95. The highest BCUT2D eigenvalue weighted by molar-refractivity contribution is 6.36. The Morgan fingerprint density at radius 3 is 2.74 bits per heavy atom. The summed E-state index contributed by atoms with van der Waals surface area (Å²) in [7, 11) is 0. The Kier molecular flexibility index (Phi) is 8.51. The second-order valence-corrected chi connectivity index (χ2v) is 11.9. The van der Waals surface area contributed by atoms with E-state index in [1.807, 2.05) is 20.8 Å². The van der Waals surface area contributed by atoms with Crippen molar-refractivity contribution in [1.29, 1.82) is 0 Å². The third kappa shape index (κ3) is 6.57. The second kappa shape index (κ2) is 12.1. The first-order chi connectivity index (χ1) is 20.0. The number of carbonyl (C=O) groups is 2. The molecule has 1 fully saturated rings. The summed E-state index contributed by atoms with van der Waals surface area (Å²) >= 11 is 12.8. The Bertz CT molecular complexity index is 1640. The molecule has 0 unspecified atom stereocenters. The lowest BCUT2D eigenvalue weighted by molar-refractivity contribution is 0.0238. The highest BCUT2D eigenvalue weighted by Gasteiger charge is 2.30. The molecule has 1 aromatic carbocycles. The summed E-state index contributed by atoms with van der Waals surface area (Å²) in [6, 6.07) is 6.07. The summed E-state index contributed by atoms with van der Waals surface area (Å²) in [6.45, 7) is 6.33. The van der Waals surface area contributed by atoms with E-state index in [-0.39, 0.29) is 22.8 Å². The van der Waals surface area contributed by atoms with E-state index in [1.54, 1.807) is 40.1 Å². The number of nitrogens with one attached hydrogen (secondary N) is 1. The number of likely N-dealkylation sites (tertiary alicyclic amines) is 1. The van der Waals surface area contributed by atoms with Crippen LogP contribution in [0.3, 0.4) is 0 Å². The van der Waals surface area contributed by atoms with Gasteiger partial charge in [-0.25, -0.2) is 19.7 Å². The zero-order valence-corrected chi connectivity index (χ0v) is 25.0. The van der Waals surface area contributed by atoms with Crippen LogP contribution in [0.1, 0.15) is 67.7 Å². The quantitative estimate of drug-likeness (QED) is 0.261. The van der Waals surface area contributed by atoms with Crippen LogP contribution in [-0.2, 0) is 11.2 Å². The third-order valence-electron chi connectivity index (χ3n) is 6.84. The number of halogens is 2. The monoisotopic (exact) mass is 611 g/mol. The molecule has 1 saturated heterocycles. The molecule has 0 bridgehead atoms. The Morgan fingerprint density at radius 1 is 1.17 bits per heavy atom. The summed E-state index contributed by atoms with van der Waals surface area (Å²) < 4.78 is 7.45. The Morgan fingerprint density at radius 2 is 1.98 bits per heavy atom. The lowest BCUT2D eigenvalue weighted by atomic mass is 10.1. The maximum absolute atomic E-state index is 13.5. The van der Waals surface area contributed by atoms with Crippen LogP contribution in [-0.4, -0.2) is 65.2 Å². The summed E-state index contributed by atoms with van der Waals surface area (Å²) in [5.74, 6) is -0.275. The van der Waals surface area contributed by atoms with Gasteiger partial charge in [0.2, 0.25) is 5.95 Å². The smallest absolute Gasteiger partial charge is 0.410 e. The largest absolute Gasteiger partial charge is 0.506 e. The minimum atomic E-state index is -0.642. The summed E-state index contributed by atoms with van der Waals surface area (Å²) in [4.78, 5) is 45.3. The molecule has 2 amide bonds. The van der Waals surface area contributed by atoms with Crippen molar-refractivity contribution >= 4 is 52.2 Å². The number of hydrogen-bond acceptors (Lipinski definition) is 8. The molecule has 1 aliphatic heterocycles. The van der Waals surface area contributed by atoms with Crippen molar-refractivity contribution in [3.05, 3.63) is 70.0 Å². The Labute approximate surface area is 252 Å². The highest BCUT2D eigenvalue weighted by atomic mass is 35.5. The van der Waals surface area contributed by atoms with Crippen LogP contribution in [0.4, 0.5) is 10.7 Å². The van der Waals surface area contributed by atoms with Crippen molar-refractivity contribution in [1.82, 2.24) is 29.4 Å². The maximum Gasteiger partial charge on any atom is 0.410 e. The molecule has 2 N–H and O–H groups in total. The van der Waals surface area contributed by atoms with E-state index in [0.29, 0.717) is 58.9 Å². The number of hydrogen-bond donors (Lipinski definition) is 2. The van der Waals surface area contributed by atoms with E-state index in [1.165, 1.54) is 12.4 Å². The number of aromatic nitrogens is 5. The second-order valence-electron chi connectivity index (χ2n) is 11.2. The molecule has 42 heavy (non-hydrogen) atoms. The maximum atomic E-state index is 13.5. The number of aromatic hydroxyl groups is 1. The van der Waals surface area contributed by atoms with Crippen LogP contribution in [0.25, 0.3) is 11.0 Å². The predicted molar refractivity (Wildman–Crippen MR) is 159 cm³/mol. The van der Waals surface area contributed by atoms with E-state index in [4.69, 9.17) is 27.9 Å². The first-order valence-corrected chi connectivity index (χ1v) is 14.3. The van der Waals surface area contributed by atoms with E-state index in [2.05, 4.69) is 25.3 Å². The predicted octanol–water partition coefficient (Wildman–Crippen LogP) is 6.04. The molecule has 5 rings (SSSR count). The molecule has 3 aromatic heterocycles. The number of nitrogens with zero attached hydrogens (tertiary/aromatic N) is 6. The number of pyridine rings is 1. The van der Waals surface area contributed by atoms with Crippen LogP contribution in [0.2, 0.25) is 10.2 Å². The first-order valence-electron chi connectivity index (χ1n) is 13.6. The number of rotatable bonds is 5. The van der Waals surface area contributed by atoms with Crippen molar-refractivity contribution in [3.63, 3.8) is 0 Å². The number of carbonyl (C=O) groups excluding carboxylic acids is 2. The number of ether oxygens (including phenoxy) is 1. The molecule has 1 aliphatic rings. The van der Waals surface area contributed by atoms with Gasteiger partial charge >= 0.3 is 6.09 Å². The van der Waals surface area contributed by atoms with Gasteiger partial charge in [0.05, 0.1) is 17.1 Å². The average molecular weight is 613 g/mol. The first kappa shape index (κ1) is 29.5. The fourth-order valence-corrected chi connectivity index (χ4v) is 5.36. The standard InChI is InChI=1S/C29H31Cl2N7O4/c1-29(2,3)42-28(41)37-11-5-4-6-20(15-37)38-24-21(7-8-22(39)23(24)30)35-27(38)36-26(40)17-9-10-33-19(12-17)13-18-14-32-16-34-25(18)31/h7-10,12,14,16,20,39H,4-6,11,13,15H2,1-3H3,(H,35,36,40)/t20-/m1/s1. The molecule has 0 spiro atoms. The van der Waals surface area contributed by atoms with Crippen molar-refractivity contribution < 1.29 is 19.4 Å². The zero-order chi connectivity index (χ0) is 30.0. The Balaban J connectivity index is 1.48. The third-order valence-corrected chi connectivity index (χ3v) is 7.55. The van der Waals surface area contributed by atoms with Gasteiger partial charge in [-0.3, -0.25) is 15.1 Å². The topological polar surface area (TPSA) is 135 Å². The summed E-state index contributed by atoms with van der Waals surface area (Å²) in [6.07, 6.45) is 6.76. The molecule has 13 heteroatoms. The molecule has 0 aliphatic carbocycles. The minimum absolute atomic E-state index is 0.108. The van der Waals surface area contributed by atoms with E-state index >= 15 is 0 Å². The summed E-state index contributed by atoms with van der Waals surface area (Å²) in [5, 5.41) is 13.8. The van der Waals surface area contributed by atoms with Gasteiger partial charge in [0.15, 0.2) is 0 Å². The van der Waals surface area contributed by atoms with Gasteiger partial charge in [0.1, 0.15) is 27.9 Å². The summed E-state index contributed by atoms with van der Waals surface area (Å²) in [5.41, 5.74) is 1.97. The normalized spacial score (nSPS) is 15.8. The molecule has 1 atom stereocenters. The molecule has 220 valence electrons. The van der Waals surface area contributed by atoms with Crippen molar-refractivity contribution in [2.75, 3.05) is 18.4 Å². The van der Waals surface area contributed by atoms with Gasteiger partial charge in [-0.1, -0.05) is 23.2 Å².